The van der Waals surface area contributed by atoms with Gasteiger partial charge in [0.15, 0.2) is 0 Å². The number of unbranched alkanes of at least 4 members (excludes halogenated alkanes) is 8. The van der Waals surface area contributed by atoms with Gasteiger partial charge in [0.25, 0.3) is 0 Å². The molecule has 0 fully saturated rings. The van der Waals surface area contributed by atoms with Crippen LogP contribution in [0.15, 0.2) is 0 Å². The van der Waals surface area contributed by atoms with E-state index in [0.29, 0.717) is 39.6 Å². The van der Waals surface area contributed by atoms with Crippen LogP contribution >= 0.6 is 0 Å². The Kier molecular flexibility index (Phi) is 26.2. The van der Waals surface area contributed by atoms with Crippen molar-refractivity contribution in [1.29, 1.82) is 0 Å². The van der Waals surface area contributed by atoms with E-state index >= 15 is 0 Å². The van der Waals surface area contributed by atoms with Crippen molar-refractivity contribution < 1.29 is 26.6 Å². The molecule has 0 amide bonds. The minimum Gasteiger partial charge on any atom is -0.373 e. The first-order chi connectivity index (χ1) is 18.6. The molecule has 6 nitrogen and oxygen atoms in total. The fourth-order valence-corrected chi connectivity index (χ4v) is 12.8. The van der Waals surface area contributed by atoms with Gasteiger partial charge in [0, 0.05) is 39.6 Å². The largest absolute Gasteiger partial charge is 0.508 e. The summed E-state index contributed by atoms with van der Waals surface area (Å²) in [5.41, 5.74) is 0. The van der Waals surface area contributed by atoms with Gasteiger partial charge >= 0.3 is 17.6 Å². The molecule has 0 unspecified atom stereocenters. The smallest absolute Gasteiger partial charge is 0.373 e. The first-order valence-corrected chi connectivity index (χ1v) is 20.0. The SMILES string of the molecule is CCCCCC([Si](OCCCC)(OCCCC)OCCCC)[Si](OCCCC)(OCCCC)OCCCC. The molecular weight excluding hydrogens is 512 g/mol. The van der Waals surface area contributed by atoms with Crippen molar-refractivity contribution in [3.63, 3.8) is 0 Å². The van der Waals surface area contributed by atoms with E-state index in [4.69, 9.17) is 26.6 Å². The lowest BCUT2D eigenvalue weighted by Gasteiger charge is -2.43. The molecule has 0 aliphatic heterocycles. The molecule has 0 radical (unpaired) electrons. The van der Waals surface area contributed by atoms with Gasteiger partial charge in [0.2, 0.25) is 0 Å². The van der Waals surface area contributed by atoms with Crippen LogP contribution in [-0.2, 0) is 26.6 Å². The van der Waals surface area contributed by atoms with Crippen LogP contribution < -0.4 is 0 Å². The Bertz CT molecular complexity index is 406. The third-order valence-corrected chi connectivity index (χ3v) is 14.8. The summed E-state index contributed by atoms with van der Waals surface area (Å²) in [5.74, 6) is 0. The summed E-state index contributed by atoms with van der Waals surface area (Å²) in [4.78, 5) is 0. The first-order valence-electron chi connectivity index (χ1n) is 16.4. The molecule has 0 saturated heterocycles. The van der Waals surface area contributed by atoms with Gasteiger partial charge < -0.3 is 26.6 Å². The second kappa shape index (κ2) is 26.1. The second-order valence-electron chi connectivity index (χ2n) is 10.5. The van der Waals surface area contributed by atoms with E-state index in [1.807, 2.05) is 0 Å². The molecule has 0 saturated carbocycles. The molecule has 0 N–H and O–H groups in total. The fraction of sp³-hybridized carbons (Fsp3) is 1.00. The maximum Gasteiger partial charge on any atom is 0.508 e. The summed E-state index contributed by atoms with van der Waals surface area (Å²) < 4.78 is 41.2. The predicted molar refractivity (Wildman–Crippen MR) is 165 cm³/mol. The molecule has 0 aromatic heterocycles. The van der Waals surface area contributed by atoms with E-state index in [9.17, 15) is 0 Å². The second-order valence-corrected chi connectivity index (χ2v) is 16.6. The van der Waals surface area contributed by atoms with E-state index in [1.165, 1.54) is 0 Å². The lowest BCUT2D eigenvalue weighted by Crippen LogP contribution is -2.64. The highest BCUT2D eigenvalue weighted by Gasteiger charge is 2.65. The van der Waals surface area contributed by atoms with Gasteiger partial charge in [-0.3, -0.25) is 0 Å². The van der Waals surface area contributed by atoms with Crippen LogP contribution in [-0.4, -0.2) is 57.3 Å². The predicted octanol–water partition coefficient (Wildman–Crippen LogP) is 9.25. The molecule has 0 heterocycles. The zero-order chi connectivity index (χ0) is 28.4. The molecule has 8 heteroatoms. The molecule has 0 aromatic carbocycles. The Labute approximate surface area is 240 Å². The van der Waals surface area contributed by atoms with Crippen molar-refractivity contribution in [2.24, 2.45) is 0 Å². The van der Waals surface area contributed by atoms with Crippen LogP contribution in [0.25, 0.3) is 0 Å². The van der Waals surface area contributed by atoms with Crippen LogP contribution in [0.3, 0.4) is 0 Å². The molecule has 0 aliphatic carbocycles. The average molecular weight is 579 g/mol. The van der Waals surface area contributed by atoms with Crippen LogP contribution in [0.5, 0.6) is 0 Å². The molecule has 0 atom stereocenters. The minimum atomic E-state index is -3.22. The van der Waals surface area contributed by atoms with E-state index < -0.39 is 17.6 Å². The van der Waals surface area contributed by atoms with E-state index in [-0.39, 0.29) is 5.16 Å². The van der Waals surface area contributed by atoms with Crippen molar-refractivity contribution in [3.05, 3.63) is 0 Å². The molecule has 230 valence electrons. The van der Waals surface area contributed by atoms with Gasteiger partial charge in [-0.1, -0.05) is 106 Å². The molecule has 0 aromatic rings. The van der Waals surface area contributed by atoms with Crippen LogP contribution in [0, 0.1) is 0 Å². The summed E-state index contributed by atoms with van der Waals surface area (Å²) in [6, 6.07) is 0. The normalized spacial score (nSPS) is 12.6. The van der Waals surface area contributed by atoms with Crippen LogP contribution in [0.4, 0.5) is 0 Å². The lowest BCUT2D eigenvalue weighted by atomic mass is 10.2. The van der Waals surface area contributed by atoms with Crippen molar-refractivity contribution in [1.82, 2.24) is 0 Å². The molecule has 0 aliphatic rings. The summed E-state index contributed by atoms with van der Waals surface area (Å²) in [5, 5.41) is -0.0994. The van der Waals surface area contributed by atoms with Gasteiger partial charge in [-0.05, 0) is 44.9 Å². The van der Waals surface area contributed by atoms with E-state index in [2.05, 4.69) is 48.5 Å². The molecule has 38 heavy (non-hydrogen) atoms. The Morgan fingerprint density at radius 1 is 0.342 bits per heavy atom. The van der Waals surface area contributed by atoms with E-state index in [0.717, 1.165) is 103 Å². The number of hydrogen-bond acceptors (Lipinski definition) is 6. The summed E-state index contributed by atoms with van der Waals surface area (Å²) in [6.07, 6.45) is 16.7. The summed E-state index contributed by atoms with van der Waals surface area (Å²) in [6.45, 7) is 19.4. The topological polar surface area (TPSA) is 55.4 Å². The highest BCUT2D eigenvalue weighted by atomic mass is 28.5. The number of rotatable bonds is 30. The highest BCUT2D eigenvalue weighted by molar-refractivity contribution is 6.82. The summed E-state index contributed by atoms with van der Waals surface area (Å²) >= 11 is 0. The maximum absolute atomic E-state index is 6.87. The van der Waals surface area contributed by atoms with Crippen LogP contribution in [0.2, 0.25) is 5.16 Å². The Balaban J connectivity index is 6.76. The quantitative estimate of drug-likeness (QED) is 0.0625. The van der Waals surface area contributed by atoms with E-state index in [1.54, 1.807) is 0 Å². The molecule has 0 spiro atoms. The monoisotopic (exact) mass is 578 g/mol. The first kappa shape index (κ1) is 38.2. The summed E-state index contributed by atoms with van der Waals surface area (Å²) in [7, 11) is -6.43. The third-order valence-electron chi connectivity index (χ3n) is 6.76. The Hall–Kier alpha value is 0.194. The number of hydrogen-bond donors (Lipinski definition) is 0. The molecule has 0 bridgehead atoms. The zero-order valence-corrected chi connectivity index (χ0v) is 28.6. The van der Waals surface area contributed by atoms with Gasteiger partial charge in [-0.25, -0.2) is 0 Å². The molecular formula is C30H66O6Si2. The molecule has 0 rings (SSSR count). The average Bonchev–Trinajstić information content (AvgIpc) is 2.91. The van der Waals surface area contributed by atoms with Gasteiger partial charge in [-0.2, -0.15) is 0 Å². The maximum atomic E-state index is 6.87. The van der Waals surface area contributed by atoms with Crippen molar-refractivity contribution in [3.8, 4) is 0 Å². The van der Waals surface area contributed by atoms with Gasteiger partial charge in [0.1, 0.15) is 0 Å². The lowest BCUT2D eigenvalue weighted by molar-refractivity contribution is 0.0179. The van der Waals surface area contributed by atoms with Gasteiger partial charge in [-0.15, -0.1) is 0 Å². The van der Waals surface area contributed by atoms with Gasteiger partial charge in [0.05, 0.1) is 5.16 Å². The fourth-order valence-electron chi connectivity index (χ4n) is 4.17. The third kappa shape index (κ3) is 15.8. The Morgan fingerprint density at radius 2 is 0.579 bits per heavy atom. The minimum absolute atomic E-state index is 0.0994. The van der Waals surface area contributed by atoms with Crippen molar-refractivity contribution in [2.45, 2.75) is 156 Å². The van der Waals surface area contributed by atoms with Crippen LogP contribution in [0.1, 0.15) is 151 Å². The van der Waals surface area contributed by atoms with Crippen molar-refractivity contribution in [2.75, 3.05) is 39.6 Å². The van der Waals surface area contributed by atoms with Crippen molar-refractivity contribution >= 4 is 17.6 Å². The standard InChI is InChI=1S/C30H66O6Si2/c1-8-15-22-23-30(37(31-24-16-9-2,32-25-17-10-3)33-26-18-11-4)38(34-27-19-12-5,35-28-20-13-6)36-29-21-14-7/h30H,8-29H2,1-7H3. The zero-order valence-electron chi connectivity index (χ0n) is 26.6. The highest BCUT2D eigenvalue weighted by Crippen LogP contribution is 2.42. The Morgan fingerprint density at radius 3 is 0.789 bits per heavy atom.